The van der Waals surface area contributed by atoms with Gasteiger partial charge in [-0.05, 0) is 77.1 Å². The molecule has 5 aromatic rings. The molecule has 0 aliphatic carbocycles. The highest BCUT2D eigenvalue weighted by molar-refractivity contribution is 6.02. The molecule has 204 valence electrons. The number of hydrogen-bond donors (Lipinski definition) is 3. The maximum atomic E-state index is 13.0. The minimum Gasteiger partial charge on any atom is -0.457 e. The molecule has 0 saturated carbocycles. The van der Waals surface area contributed by atoms with Gasteiger partial charge in [-0.15, -0.1) is 0 Å². The normalized spacial score (nSPS) is 11.4. The van der Waals surface area contributed by atoms with Gasteiger partial charge in [0.2, 0.25) is 0 Å². The van der Waals surface area contributed by atoms with Crippen LogP contribution >= 0.6 is 0 Å². The number of carbonyl (C=O) groups is 1. The van der Waals surface area contributed by atoms with E-state index < -0.39 is 0 Å². The summed E-state index contributed by atoms with van der Waals surface area (Å²) in [6, 6.07) is 16.5. The van der Waals surface area contributed by atoms with Crippen LogP contribution in [0.25, 0.3) is 22.2 Å². The molecule has 2 aromatic carbocycles. The average Bonchev–Trinajstić information content (AvgIpc) is 3.34. The fraction of sp³-hybridized carbons (Fsp3) is 0.233. The van der Waals surface area contributed by atoms with Crippen LogP contribution in [0.2, 0.25) is 0 Å². The third-order valence-electron chi connectivity index (χ3n) is 5.94. The lowest BCUT2D eigenvalue weighted by atomic mass is 10.1. The molecular formula is C30H32N8O2. The first kappa shape index (κ1) is 26.6. The number of benzene rings is 2. The second-order valence-electron chi connectivity index (χ2n) is 10.7. The number of carbonyl (C=O) groups excluding carboxylic acids is 1. The van der Waals surface area contributed by atoms with Gasteiger partial charge in [0.1, 0.15) is 29.3 Å². The van der Waals surface area contributed by atoms with Gasteiger partial charge in [0.15, 0.2) is 0 Å². The number of rotatable bonds is 7. The Morgan fingerprint density at radius 1 is 0.950 bits per heavy atom. The summed E-state index contributed by atoms with van der Waals surface area (Å²) in [5, 5.41) is 14.8. The summed E-state index contributed by atoms with van der Waals surface area (Å²) in [6.07, 6.45) is 6.82. The fourth-order valence-electron chi connectivity index (χ4n) is 4.03. The molecule has 2 amide bonds. The van der Waals surface area contributed by atoms with E-state index in [1.54, 1.807) is 42.7 Å². The van der Waals surface area contributed by atoms with Gasteiger partial charge in [-0.3, -0.25) is 4.68 Å². The zero-order valence-corrected chi connectivity index (χ0v) is 23.1. The van der Waals surface area contributed by atoms with Crippen molar-refractivity contribution in [3.63, 3.8) is 0 Å². The Balaban J connectivity index is 1.30. The minimum absolute atomic E-state index is 0.264. The summed E-state index contributed by atoms with van der Waals surface area (Å²) < 4.78 is 7.80. The largest absolute Gasteiger partial charge is 0.457 e. The average molecular weight is 537 g/mol. The van der Waals surface area contributed by atoms with Crippen molar-refractivity contribution in [2.75, 3.05) is 16.0 Å². The third-order valence-corrected chi connectivity index (χ3v) is 5.94. The lowest BCUT2D eigenvalue weighted by Gasteiger charge is -2.18. The molecule has 40 heavy (non-hydrogen) atoms. The van der Waals surface area contributed by atoms with Crippen LogP contribution in [-0.4, -0.2) is 36.8 Å². The van der Waals surface area contributed by atoms with Crippen LogP contribution in [0, 0.1) is 0 Å². The van der Waals surface area contributed by atoms with Crippen molar-refractivity contribution in [1.82, 2.24) is 24.7 Å². The van der Waals surface area contributed by atoms with E-state index in [0.29, 0.717) is 28.6 Å². The molecule has 10 heteroatoms. The van der Waals surface area contributed by atoms with Gasteiger partial charge in [-0.2, -0.15) is 5.10 Å². The first-order valence-corrected chi connectivity index (χ1v) is 13.0. The van der Waals surface area contributed by atoms with Crippen molar-refractivity contribution in [1.29, 1.82) is 0 Å². The predicted octanol–water partition coefficient (Wildman–Crippen LogP) is 6.90. The number of hydrogen-bond acceptors (Lipinski definition) is 7. The smallest absolute Gasteiger partial charge is 0.323 e. The number of urea groups is 1. The summed E-state index contributed by atoms with van der Waals surface area (Å²) in [7, 11) is 0. The van der Waals surface area contributed by atoms with Crippen LogP contribution in [0.5, 0.6) is 11.5 Å². The highest BCUT2D eigenvalue weighted by Gasteiger charge is 2.21. The number of pyridine rings is 1. The van der Waals surface area contributed by atoms with Gasteiger partial charge in [0.25, 0.3) is 0 Å². The van der Waals surface area contributed by atoms with Crippen molar-refractivity contribution in [3.05, 3.63) is 79.5 Å². The molecule has 0 radical (unpaired) electrons. The van der Waals surface area contributed by atoms with Gasteiger partial charge in [-0.25, -0.2) is 19.7 Å². The van der Waals surface area contributed by atoms with E-state index in [0.717, 1.165) is 22.3 Å². The first-order valence-electron chi connectivity index (χ1n) is 13.0. The Labute approximate surface area is 232 Å². The van der Waals surface area contributed by atoms with Crippen LogP contribution in [-0.2, 0) is 5.54 Å². The Morgan fingerprint density at radius 3 is 2.50 bits per heavy atom. The van der Waals surface area contributed by atoms with Crippen LogP contribution in [0.4, 0.5) is 22.0 Å². The van der Waals surface area contributed by atoms with E-state index in [9.17, 15) is 4.79 Å². The predicted molar refractivity (Wildman–Crippen MR) is 158 cm³/mol. The van der Waals surface area contributed by atoms with Crippen molar-refractivity contribution < 1.29 is 9.53 Å². The number of amides is 2. The number of aromatic nitrogens is 5. The minimum atomic E-state index is -0.383. The topological polar surface area (TPSA) is 119 Å². The molecule has 3 N–H and O–H groups in total. The van der Waals surface area contributed by atoms with Gasteiger partial charge < -0.3 is 20.7 Å². The Kier molecular flexibility index (Phi) is 7.33. The fourth-order valence-corrected chi connectivity index (χ4v) is 4.03. The Hall–Kier alpha value is -4.99. The molecule has 0 aliphatic rings. The summed E-state index contributed by atoms with van der Waals surface area (Å²) in [6.45, 7) is 10.3. The lowest BCUT2D eigenvalue weighted by Crippen LogP contribution is -2.22. The Bertz CT molecular complexity index is 1640. The third kappa shape index (κ3) is 6.35. The molecule has 5 rings (SSSR count). The number of nitrogens with zero attached hydrogens (tertiary/aromatic N) is 5. The van der Waals surface area contributed by atoms with Gasteiger partial charge in [0, 0.05) is 47.3 Å². The molecule has 10 nitrogen and oxygen atoms in total. The standard InChI is InChI=1S/C30H32N8O2/c1-19(2)34-27-15-24(12-13-32-27)40-23-9-7-22(8-10-23)35-29(39)36-26-17-38(30(3,4)5)37-28(26)20-6-11-25-21(14-20)16-31-18-33-25/h6-19H,1-5H3,(H,32,34)(H2,35,36,39). The van der Waals surface area contributed by atoms with Crippen LogP contribution in [0.15, 0.2) is 79.5 Å². The molecule has 0 bridgehead atoms. The summed E-state index contributed by atoms with van der Waals surface area (Å²) in [5.41, 5.74) is 3.28. The summed E-state index contributed by atoms with van der Waals surface area (Å²) in [4.78, 5) is 25.7. The van der Waals surface area contributed by atoms with E-state index in [-0.39, 0.29) is 17.6 Å². The van der Waals surface area contributed by atoms with Gasteiger partial charge in [0.05, 0.1) is 16.7 Å². The molecule has 0 saturated heterocycles. The second kappa shape index (κ2) is 11.0. The molecular weight excluding hydrogens is 504 g/mol. The zero-order chi connectivity index (χ0) is 28.3. The van der Waals surface area contributed by atoms with Gasteiger partial charge in [-0.1, -0.05) is 6.07 Å². The first-order chi connectivity index (χ1) is 19.1. The van der Waals surface area contributed by atoms with E-state index in [2.05, 4.69) is 51.7 Å². The van der Waals surface area contributed by atoms with Crippen LogP contribution in [0.3, 0.4) is 0 Å². The van der Waals surface area contributed by atoms with Crippen LogP contribution < -0.4 is 20.7 Å². The Morgan fingerprint density at radius 2 is 1.75 bits per heavy atom. The molecule has 3 aromatic heterocycles. The van der Waals surface area contributed by atoms with E-state index in [1.807, 2.05) is 49.0 Å². The quantitative estimate of drug-likeness (QED) is 0.207. The van der Waals surface area contributed by atoms with Crippen molar-refractivity contribution in [3.8, 4) is 22.8 Å². The number of anilines is 3. The molecule has 3 heterocycles. The lowest BCUT2D eigenvalue weighted by molar-refractivity contribution is 0.262. The highest BCUT2D eigenvalue weighted by atomic mass is 16.5. The van der Waals surface area contributed by atoms with Gasteiger partial charge >= 0.3 is 6.03 Å². The molecule has 0 unspecified atom stereocenters. The summed E-state index contributed by atoms with van der Waals surface area (Å²) in [5.74, 6) is 2.05. The molecule has 0 aliphatic heterocycles. The molecule has 0 spiro atoms. The SMILES string of the molecule is CC(C)Nc1cc(Oc2ccc(NC(=O)Nc3cn(C(C)(C)C)nc3-c3ccc4ncncc4c3)cc2)ccn1. The molecule has 0 fully saturated rings. The summed E-state index contributed by atoms with van der Waals surface area (Å²) >= 11 is 0. The van der Waals surface area contributed by atoms with Crippen molar-refractivity contribution >= 4 is 34.1 Å². The molecule has 0 atom stereocenters. The highest BCUT2D eigenvalue weighted by Crippen LogP contribution is 2.31. The van der Waals surface area contributed by atoms with Crippen molar-refractivity contribution in [2.45, 2.75) is 46.2 Å². The second-order valence-corrected chi connectivity index (χ2v) is 10.7. The number of fused-ring (bicyclic) bond motifs is 1. The van der Waals surface area contributed by atoms with E-state index in [4.69, 9.17) is 9.84 Å². The van der Waals surface area contributed by atoms with E-state index >= 15 is 0 Å². The van der Waals surface area contributed by atoms with E-state index in [1.165, 1.54) is 6.33 Å². The monoisotopic (exact) mass is 536 g/mol. The van der Waals surface area contributed by atoms with Crippen LogP contribution in [0.1, 0.15) is 34.6 Å². The maximum Gasteiger partial charge on any atom is 0.323 e. The zero-order valence-electron chi connectivity index (χ0n) is 23.1. The van der Waals surface area contributed by atoms with Crippen molar-refractivity contribution in [2.24, 2.45) is 0 Å². The number of nitrogens with one attached hydrogen (secondary N) is 3. The maximum absolute atomic E-state index is 13.0. The number of ether oxygens (including phenoxy) is 1.